The second kappa shape index (κ2) is 7.13. The topological polar surface area (TPSA) is 80.7 Å². The summed E-state index contributed by atoms with van der Waals surface area (Å²) in [6, 6.07) is 0.814. The van der Waals surface area contributed by atoms with Gasteiger partial charge in [-0.15, -0.1) is 0 Å². The van der Waals surface area contributed by atoms with Gasteiger partial charge in [0.2, 0.25) is 0 Å². The van der Waals surface area contributed by atoms with Crippen molar-refractivity contribution < 1.29 is 40.1 Å². The van der Waals surface area contributed by atoms with E-state index in [1.165, 1.54) is 31.2 Å². The quantitative estimate of drug-likeness (QED) is 0.241. The predicted molar refractivity (Wildman–Crippen MR) is 82.2 cm³/mol. The van der Waals surface area contributed by atoms with Gasteiger partial charge in [-0.2, -0.15) is 35.8 Å². The van der Waals surface area contributed by atoms with Crippen LogP contribution in [0.5, 0.6) is 0 Å². The Morgan fingerprint density at radius 1 is 1.11 bits per heavy atom. The normalized spacial score (nSPS) is 13.1. The Morgan fingerprint density at radius 2 is 1.75 bits per heavy atom. The summed E-state index contributed by atoms with van der Waals surface area (Å²) >= 11 is 0. The highest BCUT2D eigenvalue weighted by molar-refractivity contribution is 5.77. The molecule has 1 aromatic carbocycles. The molecule has 2 aromatic rings. The first kappa shape index (κ1) is 21.2. The number of alkyl halides is 7. The van der Waals surface area contributed by atoms with Gasteiger partial charge in [0, 0.05) is 17.2 Å². The molecule has 0 aliphatic carbocycles. The fraction of sp³-hybridized carbons (Fsp3) is 0.267. The minimum absolute atomic E-state index is 0.0527. The molecule has 1 aromatic heterocycles. The van der Waals surface area contributed by atoms with Crippen LogP contribution in [0.2, 0.25) is 0 Å². The van der Waals surface area contributed by atoms with E-state index >= 15 is 0 Å². The SMILES string of the molecule is Cc1ccc(-c2ccc(/C=N\NC(F)(F)C(F)(F)C(F)(F)F)o2)cc1[N+](=O)[O-]. The summed E-state index contributed by atoms with van der Waals surface area (Å²) in [6.45, 7) is 1.50. The van der Waals surface area contributed by atoms with Crippen molar-refractivity contribution in [2.24, 2.45) is 5.10 Å². The van der Waals surface area contributed by atoms with E-state index in [1.807, 2.05) is 0 Å². The minimum Gasteiger partial charge on any atom is -0.455 e. The number of nitro groups is 1. The van der Waals surface area contributed by atoms with Crippen LogP contribution in [0, 0.1) is 17.0 Å². The van der Waals surface area contributed by atoms with Crippen molar-refractivity contribution in [3.63, 3.8) is 0 Å². The Balaban J connectivity index is 2.17. The molecule has 0 spiro atoms. The molecule has 28 heavy (non-hydrogen) atoms. The molecule has 0 amide bonds. The molecule has 13 heteroatoms. The molecule has 0 aliphatic rings. The van der Waals surface area contributed by atoms with Gasteiger partial charge >= 0.3 is 18.1 Å². The Kier molecular flexibility index (Phi) is 5.39. The largest absolute Gasteiger partial charge is 0.462 e. The third-order valence-corrected chi connectivity index (χ3v) is 3.46. The summed E-state index contributed by atoms with van der Waals surface area (Å²) in [5, 5.41) is 13.6. The molecule has 0 unspecified atom stereocenters. The molecule has 0 radical (unpaired) electrons. The van der Waals surface area contributed by atoms with Crippen LogP contribution in [-0.2, 0) is 0 Å². The van der Waals surface area contributed by atoms with Crippen molar-refractivity contribution >= 4 is 11.9 Å². The van der Waals surface area contributed by atoms with E-state index in [2.05, 4.69) is 5.10 Å². The van der Waals surface area contributed by atoms with Gasteiger partial charge in [0.15, 0.2) is 0 Å². The summed E-state index contributed by atoms with van der Waals surface area (Å²) in [5.41, 5.74) is 0.866. The Bertz CT molecular complexity index is 907. The number of rotatable bonds is 6. The lowest BCUT2D eigenvalue weighted by atomic mass is 10.1. The third kappa shape index (κ3) is 4.07. The van der Waals surface area contributed by atoms with E-state index in [0.29, 0.717) is 17.2 Å². The van der Waals surface area contributed by atoms with Gasteiger partial charge in [0.05, 0.1) is 11.1 Å². The molecule has 1 N–H and O–H groups in total. The molecule has 0 saturated heterocycles. The minimum atomic E-state index is -6.49. The van der Waals surface area contributed by atoms with Crippen LogP contribution in [0.4, 0.5) is 36.4 Å². The highest BCUT2D eigenvalue weighted by Gasteiger charge is 2.73. The molecular formula is C15H10F7N3O3. The third-order valence-electron chi connectivity index (χ3n) is 3.46. The number of aryl methyl sites for hydroxylation is 1. The van der Waals surface area contributed by atoms with E-state index in [9.17, 15) is 40.8 Å². The van der Waals surface area contributed by atoms with Crippen molar-refractivity contribution in [2.75, 3.05) is 0 Å². The number of hydrazone groups is 1. The first-order valence-electron chi connectivity index (χ1n) is 7.24. The Morgan fingerprint density at radius 3 is 2.32 bits per heavy atom. The van der Waals surface area contributed by atoms with Crippen LogP contribution in [-0.4, -0.2) is 29.3 Å². The van der Waals surface area contributed by atoms with Gasteiger partial charge in [0.1, 0.15) is 11.5 Å². The molecule has 0 bridgehead atoms. The number of nitro benzene ring substituents is 1. The first-order valence-corrected chi connectivity index (χ1v) is 7.24. The summed E-state index contributed by atoms with van der Waals surface area (Å²) in [7, 11) is 0. The summed E-state index contributed by atoms with van der Waals surface area (Å²) in [6.07, 6.45) is -6.04. The fourth-order valence-corrected chi connectivity index (χ4v) is 1.96. The predicted octanol–water partition coefficient (Wildman–Crippen LogP) is 4.88. The van der Waals surface area contributed by atoms with Crippen molar-refractivity contribution in [1.29, 1.82) is 0 Å². The maximum atomic E-state index is 13.0. The van der Waals surface area contributed by atoms with Crippen LogP contribution in [0.15, 0.2) is 39.9 Å². The Hall–Kier alpha value is -3.12. The van der Waals surface area contributed by atoms with E-state index in [-0.39, 0.29) is 22.8 Å². The van der Waals surface area contributed by atoms with Crippen LogP contribution in [0.1, 0.15) is 11.3 Å². The second-order valence-corrected chi connectivity index (χ2v) is 5.48. The molecule has 1 heterocycles. The number of benzene rings is 1. The fourth-order valence-electron chi connectivity index (χ4n) is 1.96. The second-order valence-electron chi connectivity index (χ2n) is 5.48. The highest BCUT2D eigenvalue weighted by atomic mass is 19.4. The van der Waals surface area contributed by atoms with E-state index < -0.39 is 23.1 Å². The molecule has 0 saturated carbocycles. The standard InChI is InChI=1S/C15H10F7N3O3/c1-8-2-3-9(6-11(8)25(26)27)12-5-4-10(28-12)7-23-24-15(21,22)13(16,17)14(18,19)20/h2-7,24H,1H3/b23-7-. The summed E-state index contributed by atoms with van der Waals surface area (Å²) in [5.74, 6) is -6.58. The van der Waals surface area contributed by atoms with E-state index in [1.54, 1.807) is 0 Å². The number of furan rings is 1. The van der Waals surface area contributed by atoms with Gasteiger partial charge in [0.25, 0.3) is 5.69 Å². The zero-order valence-corrected chi connectivity index (χ0v) is 13.7. The number of nitrogens with one attached hydrogen (secondary N) is 1. The van der Waals surface area contributed by atoms with Crippen LogP contribution >= 0.6 is 0 Å². The smallest absolute Gasteiger partial charge is 0.455 e. The zero-order chi connectivity index (χ0) is 21.3. The molecule has 0 atom stereocenters. The van der Waals surface area contributed by atoms with E-state index in [4.69, 9.17) is 4.42 Å². The average molecular weight is 413 g/mol. The summed E-state index contributed by atoms with van der Waals surface area (Å²) in [4.78, 5) is 10.3. The zero-order valence-electron chi connectivity index (χ0n) is 13.7. The lowest BCUT2D eigenvalue weighted by Gasteiger charge is -2.27. The molecule has 152 valence electrons. The number of halogens is 7. The van der Waals surface area contributed by atoms with Crippen molar-refractivity contribution in [1.82, 2.24) is 5.43 Å². The maximum Gasteiger partial charge on any atom is 0.462 e. The average Bonchev–Trinajstić information content (AvgIpc) is 3.02. The van der Waals surface area contributed by atoms with Crippen LogP contribution in [0.25, 0.3) is 11.3 Å². The Labute approximate surface area is 151 Å². The molecule has 2 rings (SSSR count). The van der Waals surface area contributed by atoms with Crippen molar-refractivity contribution in [3.8, 4) is 11.3 Å². The first-order chi connectivity index (χ1) is 12.8. The lowest BCUT2D eigenvalue weighted by molar-refractivity contribution is -0.385. The van der Waals surface area contributed by atoms with Gasteiger partial charge in [-0.3, -0.25) is 10.1 Å². The molecule has 0 aliphatic heterocycles. The molecular weight excluding hydrogens is 403 g/mol. The molecule has 0 fully saturated rings. The van der Waals surface area contributed by atoms with Gasteiger partial charge < -0.3 is 4.42 Å². The number of hydrogen-bond donors (Lipinski definition) is 1. The number of hydrogen-bond acceptors (Lipinski definition) is 5. The monoisotopic (exact) mass is 413 g/mol. The van der Waals surface area contributed by atoms with Gasteiger partial charge in [-0.25, -0.2) is 5.43 Å². The highest BCUT2D eigenvalue weighted by Crippen LogP contribution is 2.45. The van der Waals surface area contributed by atoms with Gasteiger partial charge in [-0.05, 0) is 19.1 Å². The van der Waals surface area contributed by atoms with Crippen LogP contribution in [0.3, 0.4) is 0 Å². The van der Waals surface area contributed by atoms with E-state index in [0.717, 1.165) is 6.07 Å². The summed E-state index contributed by atoms with van der Waals surface area (Å²) < 4.78 is 92.6. The van der Waals surface area contributed by atoms with Crippen molar-refractivity contribution in [2.45, 2.75) is 25.1 Å². The molecule has 6 nitrogen and oxygen atoms in total. The number of nitrogens with zero attached hydrogens (tertiary/aromatic N) is 2. The maximum absolute atomic E-state index is 13.0. The van der Waals surface area contributed by atoms with Crippen molar-refractivity contribution in [3.05, 3.63) is 51.8 Å². The van der Waals surface area contributed by atoms with Gasteiger partial charge in [-0.1, -0.05) is 12.1 Å². The van der Waals surface area contributed by atoms with Crippen LogP contribution < -0.4 is 5.43 Å². The lowest BCUT2D eigenvalue weighted by Crippen LogP contribution is -2.58.